The molecule has 0 aromatic heterocycles. The Morgan fingerprint density at radius 3 is 0.726 bits per heavy atom. The summed E-state index contributed by atoms with van der Waals surface area (Å²) in [5, 5.41) is 0. The molecule has 0 saturated carbocycles. The SMILES string of the molecule is CCCC/C=C\CCCCCCCC(=O)OCC(COC(=O)CCCCCCCCCCCCCCCCCCCCCCCCCCCCCCCCC)OC(=O)CCCCCCCCCCCCCCC. The zero-order valence-corrected chi connectivity index (χ0v) is 49.7. The van der Waals surface area contributed by atoms with Crippen LogP contribution >= 0.6 is 0 Å². The summed E-state index contributed by atoms with van der Waals surface area (Å²) in [5.41, 5.74) is 0. The van der Waals surface area contributed by atoms with Gasteiger partial charge in [-0.25, -0.2) is 0 Å². The smallest absolute Gasteiger partial charge is 0.306 e. The Kier molecular flexibility index (Phi) is 61.1. The van der Waals surface area contributed by atoms with Crippen LogP contribution in [0.25, 0.3) is 0 Å². The number of esters is 3. The molecule has 0 fully saturated rings. The Balaban J connectivity index is 4.02. The van der Waals surface area contributed by atoms with E-state index >= 15 is 0 Å². The quantitative estimate of drug-likeness (QED) is 0.0261. The second kappa shape index (κ2) is 62.7. The van der Waals surface area contributed by atoms with Gasteiger partial charge in [0.25, 0.3) is 0 Å². The van der Waals surface area contributed by atoms with Crippen molar-refractivity contribution in [2.24, 2.45) is 0 Å². The largest absolute Gasteiger partial charge is 0.462 e. The van der Waals surface area contributed by atoms with Gasteiger partial charge in [0.15, 0.2) is 6.10 Å². The van der Waals surface area contributed by atoms with Crippen molar-refractivity contribution in [2.75, 3.05) is 13.2 Å². The molecule has 1 atom stereocenters. The van der Waals surface area contributed by atoms with Gasteiger partial charge in [0.05, 0.1) is 0 Å². The number of carbonyl (C=O) groups excluding carboxylic acids is 3. The van der Waals surface area contributed by atoms with Crippen LogP contribution in [0.5, 0.6) is 0 Å². The lowest BCUT2D eigenvalue weighted by Gasteiger charge is -2.18. The highest BCUT2D eigenvalue weighted by atomic mass is 16.6. The molecule has 0 rings (SSSR count). The maximum absolute atomic E-state index is 12.8. The molecule has 0 saturated heterocycles. The van der Waals surface area contributed by atoms with Gasteiger partial charge in [-0.15, -0.1) is 0 Å². The van der Waals surface area contributed by atoms with Gasteiger partial charge in [-0.1, -0.05) is 335 Å². The summed E-state index contributed by atoms with van der Waals surface area (Å²) in [5.74, 6) is -0.851. The maximum atomic E-state index is 12.8. The van der Waals surface area contributed by atoms with Crippen LogP contribution in [0.15, 0.2) is 12.2 Å². The second-order valence-corrected chi connectivity index (χ2v) is 22.7. The van der Waals surface area contributed by atoms with Gasteiger partial charge in [0.2, 0.25) is 0 Å². The Bertz CT molecular complexity index is 1130. The fourth-order valence-electron chi connectivity index (χ4n) is 10.3. The van der Waals surface area contributed by atoms with Crippen LogP contribution in [0.1, 0.15) is 380 Å². The molecule has 1 unspecified atom stereocenters. The summed E-state index contributed by atoms with van der Waals surface area (Å²) >= 11 is 0. The average molecular weight is 1030 g/mol. The minimum atomic E-state index is -0.768. The molecule has 0 aromatic carbocycles. The first-order valence-electron chi connectivity index (χ1n) is 33.2. The number of hydrogen-bond acceptors (Lipinski definition) is 6. The molecule has 0 radical (unpaired) electrons. The van der Waals surface area contributed by atoms with E-state index in [2.05, 4.69) is 32.9 Å². The van der Waals surface area contributed by atoms with E-state index in [0.29, 0.717) is 19.3 Å². The first-order valence-corrected chi connectivity index (χ1v) is 33.2. The van der Waals surface area contributed by atoms with E-state index < -0.39 is 6.10 Å². The lowest BCUT2D eigenvalue weighted by molar-refractivity contribution is -0.167. The monoisotopic (exact) mass is 1030 g/mol. The third-order valence-electron chi connectivity index (χ3n) is 15.3. The Hall–Kier alpha value is -1.85. The number of ether oxygens (including phenoxy) is 3. The normalized spacial score (nSPS) is 12.0. The molecule has 0 aliphatic rings. The third kappa shape index (κ3) is 60.9. The summed E-state index contributed by atoms with van der Waals surface area (Å²) in [7, 11) is 0. The van der Waals surface area contributed by atoms with E-state index in [0.717, 1.165) is 64.2 Å². The van der Waals surface area contributed by atoms with Gasteiger partial charge >= 0.3 is 17.9 Å². The van der Waals surface area contributed by atoms with Crippen molar-refractivity contribution >= 4 is 17.9 Å². The molecule has 6 nitrogen and oxygen atoms in total. The zero-order valence-electron chi connectivity index (χ0n) is 49.7. The van der Waals surface area contributed by atoms with Crippen molar-refractivity contribution in [3.63, 3.8) is 0 Å². The topological polar surface area (TPSA) is 78.9 Å². The van der Waals surface area contributed by atoms with E-state index in [1.165, 1.54) is 276 Å². The Morgan fingerprint density at radius 2 is 0.466 bits per heavy atom. The number of allylic oxidation sites excluding steroid dienone is 2. The minimum absolute atomic E-state index is 0.0665. The zero-order chi connectivity index (χ0) is 52.9. The van der Waals surface area contributed by atoms with Gasteiger partial charge in [-0.3, -0.25) is 14.4 Å². The predicted octanol–water partition coefficient (Wildman–Crippen LogP) is 22.4. The van der Waals surface area contributed by atoms with E-state index in [4.69, 9.17) is 14.2 Å². The van der Waals surface area contributed by atoms with Crippen molar-refractivity contribution < 1.29 is 28.6 Å². The van der Waals surface area contributed by atoms with Crippen molar-refractivity contribution in [3.05, 3.63) is 12.2 Å². The average Bonchev–Trinajstić information content (AvgIpc) is 3.39. The van der Waals surface area contributed by atoms with Gasteiger partial charge < -0.3 is 14.2 Å². The van der Waals surface area contributed by atoms with Crippen LogP contribution in [0.2, 0.25) is 0 Å². The fourth-order valence-corrected chi connectivity index (χ4v) is 10.3. The molecule has 0 spiro atoms. The first-order chi connectivity index (χ1) is 36.0. The Morgan fingerprint density at radius 1 is 0.260 bits per heavy atom. The molecule has 0 aliphatic heterocycles. The van der Waals surface area contributed by atoms with Gasteiger partial charge in [-0.05, 0) is 38.5 Å². The molecule has 0 bridgehead atoms. The van der Waals surface area contributed by atoms with E-state index in [1.54, 1.807) is 0 Å². The van der Waals surface area contributed by atoms with Crippen LogP contribution in [0.4, 0.5) is 0 Å². The lowest BCUT2D eigenvalue weighted by atomic mass is 10.0. The summed E-state index contributed by atoms with van der Waals surface area (Å²) in [4.78, 5) is 38.1. The summed E-state index contributed by atoms with van der Waals surface area (Å²) < 4.78 is 16.9. The highest BCUT2D eigenvalue weighted by molar-refractivity contribution is 5.71. The number of carbonyl (C=O) groups is 3. The number of hydrogen-bond donors (Lipinski definition) is 0. The van der Waals surface area contributed by atoms with Gasteiger partial charge in [0, 0.05) is 19.3 Å². The van der Waals surface area contributed by atoms with Crippen LogP contribution in [0, 0.1) is 0 Å². The van der Waals surface area contributed by atoms with Crippen molar-refractivity contribution in [2.45, 2.75) is 386 Å². The molecule has 0 amide bonds. The van der Waals surface area contributed by atoms with E-state index in [1.807, 2.05) is 0 Å². The highest BCUT2D eigenvalue weighted by Gasteiger charge is 2.19. The fraction of sp³-hybridized carbons (Fsp3) is 0.925. The molecule has 73 heavy (non-hydrogen) atoms. The maximum Gasteiger partial charge on any atom is 0.306 e. The predicted molar refractivity (Wildman–Crippen MR) is 317 cm³/mol. The lowest BCUT2D eigenvalue weighted by Crippen LogP contribution is -2.30. The summed E-state index contributed by atoms with van der Waals surface area (Å²) in [6.07, 6.45) is 74.0. The minimum Gasteiger partial charge on any atom is -0.462 e. The van der Waals surface area contributed by atoms with Crippen LogP contribution < -0.4 is 0 Å². The molecule has 0 heterocycles. The molecule has 432 valence electrons. The molecule has 0 N–H and O–H groups in total. The molecular weight excluding hydrogens is 901 g/mol. The molecular formula is C67H128O6. The van der Waals surface area contributed by atoms with Crippen molar-refractivity contribution in [1.82, 2.24) is 0 Å². The number of rotatable bonds is 62. The van der Waals surface area contributed by atoms with Crippen molar-refractivity contribution in [1.29, 1.82) is 0 Å². The van der Waals surface area contributed by atoms with E-state index in [9.17, 15) is 14.4 Å². The molecule has 6 heteroatoms. The standard InChI is InChI=1S/C67H128O6/c1-4-7-10-13-16-19-22-24-25-26-27-28-29-30-31-32-33-34-35-36-37-38-39-40-41-43-45-48-51-54-57-60-66(69)72-63-64(62-71-65(68)59-56-53-50-47-44-21-18-15-12-9-6-3)73-67(70)61-58-55-52-49-46-42-23-20-17-14-11-8-5-2/h15,18,64H,4-14,16-17,19-63H2,1-3H3/b18-15-. The van der Waals surface area contributed by atoms with Crippen LogP contribution in [-0.4, -0.2) is 37.2 Å². The Labute approximate surface area is 456 Å². The second-order valence-electron chi connectivity index (χ2n) is 22.7. The first kappa shape index (κ1) is 71.2. The highest BCUT2D eigenvalue weighted by Crippen LogP contribution is 2.19. The summed E-state index contributed by atoms with van der Waals surface area (Å²) in [6.45, 7) is 6.66. The van der Waals surface area contributed by atoms with Gasteiger partial charge in [0.1, 0.15) is 13.2 Å². The number of unbranched alkanes of at least 4 members (excludes halogenated alkanes) is 49. The van der Waals surface area contributed by atoms with Crippen LogP contribution in [0.3, 0.4) is 0 Å². The van der Waals surface area contributed by atoms with Crippen LogP contribution in [-0.2, 0) is 28.6 Å². The van der Waals surface area contributed by atoms with E-state index in [-0.39, 0.29) is 31.1 Å². The van der Waals surface area contributed by atoms with Crippen molar-refractivity contribution in [3.8, 4) is 0 Å². The molecule has 0 aliphatic carbocycles. The molecule has 0 aromatic rings. The summed E-state index contributed by atoms with van der Waals surface area (Å²) in [6, 6.07) is 0. The van der Waals surface area contributed by atoms with Gasteiger partial charge in [-0.2, -0.15) is 0 Å². The third-order valence-corrected chi connectivity index (χ3v) is 15.3.